The second-order valence-corrected chi connectivity index (χ2v) is 5.46. The summed E-state index contributed by atoms with van der Waals surface area (Å²) in [7, 11) is 0. The standard InChI is InChI=1S/C12H3Cl5F2/c13-8-7(4-1-2-5(18)6(19)3-4)9(14)11(16)12(17)10(8)15/h1-3H. The molecule has 0 radical (unpaired) electrons. The summed E-state index contributed by atoms with van der Waals surface area (Å²) >= 11 is 29.7. The average molecular weight is 362 g/mol. The van der Waals surface area contributed by atoms with Crippen molar-refractivity contribution < 1.29 is 8.78 Å². The Balaban J connectivity index is 2.79. The normalized spacial score (nSPS) is 10.9. The third-order valence-corrected chi connectivity index (χ3v) is 4.69. The maximum absolute atomic E-state index is 13.3. The Morgan fingerprint density at radius 1 is 0.632 bits per heavy atom. The van der Waals surface area contributed by atoms with E-state index < -0.39 is 11.6 Å². The van der Waals surface area contributed by atoms with Gasteiger partial charge in [-0.15, -0.1) is 0 Å². The molecule has 0 amide bonds. The van der Waals surface area contributed by atoms with Crippen molar-refractivity contribution in [2.75, 3.05) is 0 Å². The van der Waals surface area contributed by atoms with Gasteiger partial charge in [-0.05, 0) is 17.7 Å². The molecule has 0 N–H and O–H groups in total. The first-order chi connectivity index (χ1) is 8.84. The number of halogens is 7. The van der Waals surface area contributed by atoms with Crippen molar-refractivity contribution in [2.45, 2.75) is 0 Å². The van der Waals surface area contributed by atoms with E-state index in [0.29, 0.717) is 0 Å². The van der Waals surface area contributed by atoms with Crippen LogP contribution in [0.5, 0.6) is 0 Å². The van der Waals surface area contributed by atoms with Crippen LogP contribution in [0, 0.1) is 11.6 Å². The zero-order valence-electron chi connectivity index (χ0n) is 8.88. The lowest BCUT2D eigenvalue weighted by Gasteiger charge is -2.12. The Morgan fingerprint density at radius 2 is 1.11 bits per heavy atom. The van der Waals surface area contributed by atoms with Crippen LogP contribution in [0.1, 0.15) is 0 Å². The van der Waals surface area contributed by atoms with Crippen molar-refractivity contribution in [1.82, 2.24) is 0 Å². The quantitative estimate of drug-likeness (QED) is 0.382. The summed E-state index contributed by atoms with van der Waals surface area (Å²) in [6.45, 7) is 0. The molecular formula is C12H3Cl5F2. The van der Waals surface area contributed by atoms with Crippen LogP contribution in [0.15, 0.2) is 18.2 Å². The zero-order chi connectivity index (χ0) is 14.3. The van der Waals surface area contributed by atoms with Gasteiger partial charge in [0.15, 0.2) is 11.6 Å². The summed E-state index contributed by atoms with van der Waals surface area (Å²) in [5.41, 5.74) is 0.441. The highest BCUT2D eigenvalue weighted by molar-refractivity contribution is 6.56. The summed E-state index contributed by atoms with van der Waals surface area (Å²) in [4.78, 5) is 0. The van der Waals surface area contributed by atoms with Crippen molar-refractivity contribution in [2.24, 2.45) is 0 Å². The van der Waals surface area contributed by atoms with E-state index in [2.05, 4.69) is 0 Å². The lowest BCUT2D eigenvalue weighted by molar-refractivity contribution is 0.509. The van der Waals surface area contributed by atoms with Crippen molar-refractivity contribution in [3.63, 3.8) is 0 Å². The van der Waals surface area contributed by atoms with Crippen LogP contribution < -0.4 is 0 Å². The van der Waals surface area contributed by atoms with Gasteiger partial charge in [0, 0.05) is 5.56 Å². The van der Waals surface area contributed by atoms with E-state index in [4.69, 9.17) is 58.0 Å². The number of hydrogen-bond acceptors (Lipinski definition) is 0. The molecule has 19 heavy (non-hydrogen) atoms. The molecule has 0 aliphatic rings. The van der Waals surface area contributed by atoms with Gasteiger partial charge in [0.1, 0.15) is 0 Å². The van der Waals surface area contributed by atoms with Gasteiger partial charge in [-0.2, -0.15) is 0 Å². The predicted octanol–water partition coefficient (Wildman–Crippen LogP) is 6.90. The maximum Gasteiger partial charge on any atom is 0.159 e. The molecule has 0 saturated heterocycles. The molecule has 0 aliphatic carbocycles. The van der Waals surface area contributed by atoms with Gasteiger partial charge in [0.2, 0.25) is 0 Å². The molecule has 2 aromatic rings. The number of rotatable bonds is 1. The fraction of sp³-hybridized carbons (Fsp3) is 0. The minimum absolute atomic E-state index is 0.00235. The van der Waals surface area contributed by atoms with Crippen LogP contribution >= 0.6 is 58.0 Å². The summed E-state index contributed by atoms with van der Waals surface area (Å²) in [5, 5.41) is 0.0405. The largest absolute Gasteiger partial charge is 0.204 e. The predicted molar refractivity (Wildman–Crippen MR) is 76.8 cm³/mol. The summed E-state index contributed by atoms with van der Waals surface area (Å²) in [6.07, 6.45) is 0. The number of hydrogen-bond donors (Lipinski definition) is 0. The third-order valence-electron chi connectivity index (χ3n) is 2.42. The third kappa shape index (κ3) is 2.65. The van der Waals surface area contributed by atoms with Crippen LogP contribution in [-0.4, -0.2) is 0 Å². The first kappa shape index (κ1) is 15.1. The fourth-order valence-electron chi connectivity index (χ4n) is 1.51. The van der Waals surface area contributed by atoms with Gasteiger partial charge < -0.3 is 0 Å². The van der Waals surface area contributed by atoms with Gasteiger partial charge in [0.05, 0.1) is 25.1 Å². The molecule has 2 aromatic carbocycles. The van der Waals surface area contributed by atoms with Crippen molar-refractivity contribution in [3.05, 3.63) is 54.9 Å². The lowest BCUT2D eigenvalue weighted by Crippen LogP contribution is -1.90. The van der Waals surface area contributed by atoms with Crippen LogP contribution in [0.25, 0.3) is 11.1 Å². The Bertz CT molecular complexity index is 641. The molecule has 7 heteroatoms. The first-order valence-corrected chi connectivity index (χ1v) is 6.70. The minimum Gasteiger partial charge on any atom is -0.204 e. The highest BCUT2D eigenvalue weighted by atomic mass is 35.5. The van der Waals surface area contributed by atoms with Gasteiger partial charge in [-0.3, -0.25) is 0 Å². The molecule has 0 aliphatic heterocycles. The Hall–Kier alpha value is -0.250. The van der Waals surface area contributed by atoms with Crippen LogP contribution in [0.3, 0.4) is 0 Å². The van der Waals surface area contributed by atoms with Gasteiger partial charge in [-0.1, -0.05) is 64.1 Å². The molecule has 0 saturated carbocycles. The highest BCUT2D eigenvalue weighted by Gasteiger charge is 2.21. The van der Waals surface area contributed by atoms with E-state index in [1.165, 1.54) is 6.07 Å². The molecule has 0 fully saturated rings. The number of benzene rings is 2. The van der Waals surface area contributed by atoms with Crippen molar-refractivity contribution in [1.29, 1.82) is 0 Å². The van der Waals surface area contributed by atoms with Gasteiger partial charge in [-0.25, -0.2) is 8.78 Å². The second-order valence-electron chi connectivity index (χ2n) is 3.57. The summed E-state index contributed by atoms with van der Waals surface area (Å²) in [6, 6.07) is 3.21. The Morgan fingerprint density at radius 3 is 1.58 bits per heavy atom. The SMILES string of the molecule is Fc1ccc(-c2c(Cl)c(Cl)c(Cl)c(Cl)c2Cl)cc1F. The molecule has 0 unspecified atom stereocenters. The molecule has 0 spiro atoms. The molecule has 2 rings (SSSR count). The Labute approximate surface area is 132 Å². The van der Waals surface area contributed by atoms with Crippen LogP contribution in [-0.2, 0) is 0 Å². The first-order valence-electron chi connectivity index (χ1n) is 4.81. The maximum atomic E-state index is 13.3. The molecule has 0 aromatic heterocycles. The van der Waals surface area contributed by atoms with E-state index in [-0.39, 0.29) is 36.2 Å². The summed E-state index contributed by atoms with van der Waals surface area (Å²) < 4.78 is 26.2. The van der Waals surface area contributed by atoms with Crippen LogP contribution in [0.4, 0.5) is 8.78 Å². The van der Waals surface area contributed by atoms with E-state index >= 15 is 0 Å². The molecule has 100 valence electrons. The topological polar surface area (TPSA) is 0 Å². The average Bonchev–Trinajstić information content (AvgIpc) is 2.38. The van der Waals surface area contributed by atoms with Crippen LogP contribution in [0.2, 0.25) is 25.1 Å². The van der Waals surface area contributed by atoms with E-state index in [1.54, 1.807) is 0 Å². The monoisotopic (exact) mass is 360 g/mol. The van der Waals surface area contributed by atoms with Gasteiger partial charge >= 0.3 is 0 Å². The molecule has 0 heterocycles. The smallest absolute Gasteiger partial charge is 0.159 e. The fourth-order valence-corrected chi connectivity index (χ4v) is 2.87. The Kier molecular flexibility index (Phi) is 4.49. The molecular weight excluding hydrogens is 359 g/mol. The molecule has 0 bridgehead atoms. The van der Waals surface area contributed by atoms with Crippen molar-refractivity contribution >= 4 is 58.0 Å². The van der Waals surface area contributed by atoms with E-state index in [1.807, 2.05) is 0 Å². The summed E-state index contributed by atoms with van der Waals surface area (Å²) in [5.74, 6) is -2.02. The minimum atomic E-state index is -1.04. The van der Waals surface area contributed by atoms with E-state index in [0.717, 1.165) is 12.1 Å². The van der Waals surface area contributed by atoms with Gasteiger partial charge in [0.25, 0.3) is 0 Å². The molecule has 0 nitrogen and oxygen atoms in total. The highest BCUT2D eigenvalue weighted by Crippen LogP contribution is 2.48. The van der Waals surface area contributed by atoms with Crippen molar-refractivity contribution in [3.8, 4) is 11.1 Å². The zero-order valence-corrected chi connectivity index (χ0v) is 12.7. The molecule has 0 atom stereocenters. The lowest BCUT2D eigenvalue weighted by atomic mass is 10.1. The van der Waals surface area contributed by atoms with E-state index in [9.17, 15) is 8.78 Å². The second kappa shape index (κ2) is 5.63.